The molecule has 3 aromatic rings. The van der Waals surface area contributed by atoms with E-state index in [0.29, 0.717) is 6.61 Å². The van der Waals surface area contributed by atoms with Gasteiger partial charge < -0.3 is 9.84 Å². The van der Waals surface area contributed by atoms with E-state index in [4.69, 9.17) is 4.74 Å². The van der Waals surface area contributed by atoms with Gasteiger partial charge in [0, 0.05) is 11.1 Å². The molecule has 0 aromatic heterocycles. The number of aromatic hydroxyl groups is 1. The van der Waals surface area contributed by atoms with Crippen LogP contribution >= 0.6 is 0 Å². The molecule has 4 rings (SSSR count). The van der Waals surface area contributed by atoms with Crippen LogP contribution in [0.25, 0.3) is 11.1 Å². The molecule has 0 bridgehead atoms. The monoisotopic (exact) mass is 314 g/mol. The molecule has 0 atom stereocenters. The Balaban J connectivity index is 1.98. The molecule has 1 aliphatic heterocycles. The second kappa shape index (κ2) is 5.89. The van der Waals surface area contributed by atoms with Crippen LogP contribution in [0.1, 0.15) is 22.3 Å². The van der Waals surface area contributed by atoms with Gasteiger partial charge in [-0.3, -0.25) is 0 Å². The normalized spacial score (nSPS) is 13.4. The van der Waals surface area contributed by atoms with Crippen molar-refractivity contribution in [2.24, 2.45) is 0 Å². The third-order valence-electron chi connectivity index (χ3n) is 4.36. The van der Waals surface area contributed by atoms with Gasteiger partial charge in [0.25, 0.3) is 0 Å². The summed E-state index contributed by atoms with van der Waals surface area (Å²) in [5.74, 6) is 1.19. The van der Waals surface area contributed by atoms with Crippen molar-refractivity contribution in [1.29, 1.82) is 0 Å². The SMILES string of the molecule is Cc1ccc2c(c1)OCC(c1ccccc1)=C2c1ccc(O)cc1. The highest BCUT2D eigenvalue weighted by Crippen LogP contribution is 2.41. The summed E-state index contributed by atoms with van der Waals surface area (Å²) in [6, 6.07) is 24.0. The van der Waals surface area contributed by atoms with Crippen LogP contribution in [0.5, 0.6) is 11.5 Å². The molecule has 0 spiro atoms. The van der Waals surface area contributed by atoms with E-state index in [2.05, 4.69) is 37.3 Å². The van der Waals surface area contributed by atoms with Crippen molar-refractivity contribution in [3.05, 3.63) is 95.1 Å². The molecule has 0 saturated heterocycles. The molecule has 118 valence electrons. The fourth-order valence-corrected chi connectivity index (χ4v) is 3.16. The minimum Gasteiger partial charge on any atom is -0.508 e. The van der Waals surface area contributed by atoms with Crippen molar-refractivity contribution in [2.75, 3.05) is 6.61 Å². The summed E-state index contributed by atoms with van der Waals surface area (Å²) in [5.41, 5.74) is 6.85. The largest absolute Gasteiger partial charge is 0.508 e. The van der Waals surface area contributed by atoms with E-state index in [-0.39, 0.29) is 5.75 Å². The van der Waals surface area contributed by atoms with Crippen LogP contribution in [0.4, 0.5) is 0 Å². The van der Waals surface area contributed by atoms with Gasteiger partial charge in [-0.2, -0.15) is 0 Å². The van der Waals surface area contributed by atoms with Gasteiger partial charge in [-0.1, -0.05) is 54.6 Å². The molecular formula is C22H18O2. The Morgan fingerprint density at radius 3 is 2.33 bits per heavy atom. The molecule has 3 aromatic carbocycles. The highest BCUT2D eigenvalue weighted by molar-refractivity contribution is 6.01. The number of phenols is 1. The van der Waals surface area contributed by atoms with Crippen molar-refractivity contribution >= 4 is 11.1 Å². The van der Waals surface area contributed by atoms with E-state index in [0.717, 1.165) is 28.0 Å². The molecule has 1 aliphatic rings. The van der Waals surface area contributed by atoms with E-state index in [9.17, 15) is 5.11 Å². The van der Waals surface area contributed by atoms with E-state index in [1.54, 1.807) is 12.1 Å². The van der Waals surface area contributed by atoms with E-state index >= 15 is 0 Å². The van der Waals surface area contributed by atoms with Crippen LogP contribution in [0.2, 0.25) is 0 Å². The Hall–Kier alpha value is -3.00. The molecule has 0 fully saturated rings. The van der Waals surface area contributed by atoms with Crippen molar-refractivity contribution in [2.45, 2.75) is 6.92 Å². The minimum absolute atomic E-state index is 0.275. The Morgan fingerprint density at radius 2 is 1.58 bits per heavy atom. The van der Waals surface area contributed by atoms with E-state index in [1.807, 2.05) is 30.3 Å². The lowest BCUT2D eigenvalue weighted by Gasteiger charge is -2.25. The van der Waals surface area contributed by atoms with Gasteiger partial charge in [-0.25, -0.2) is 0 Å². The van der Waals surface area contributed by atoms with Gasteiger partial charge in [0.1, 0.15) is 18.1 Å². The molecule has 0 unspecified atom stereocenters. The second-order valence-corrected chi connectivity index (χ2v) is 6.05. The molecule has 24 heavy (non-hydrogen) atoms. The highest BCUT2D eigenvalue weighted by atomic mass is 16.5. The fraction of sp³-hybridized carbons (Fsp3) is 0.0909. The van der Waals surface area contributed by atoms with E-state index < -0.39 is 0 Å². The molecule has 2 nitrogen and oxygen atoms in total. The van der Waals surface area contributed by atoms with Crippen molar-refractivity contribution < 1.29 is 9.84 Å². The first kappa shape index (κ1) is 14.6. The summed E-state index contributed by atoms with van der Waals surface area (Å²) < 4.78 is 6.04. The number of hydrogen-bond donors (Lipinski definition) is 1. The summed E-state index contributed by atoms with van der Waals surface area (Å²) in [7, 11) is 0. The molecule has 1 heterocycles. The number of phenolic OH excluding ortho intramolecular Hbond substituents is 1. The number of rotatable bonds is 2. The number of hydrogen-bond acceptors (Lipinski definition) is 2. The van der Waals surface area contributed by atoms with Crippen molar-refractivity contribution in [1.82, 2.24) is 0 Å². The Morgan fingerprint density at radius 1 is 0.833 bits per heavy atom. The maximum absolute atomic E-state index is 9.63. The molecule has 0 aliphatic carbocycles. The highest BCUT2D eigenvalue weighted by Gasteiger charge is 2.22. The summed E-state index contributed by atoms with van der Waals surface area (Å²) in [5, 5.41) is 9.63. The lowest BCUT2D eigenvalue weighted by Crippen LogP contribution is -2.11. The lowest BCUT2D eigenvalue weighted by atomic mass is 9.87. The number of aryl methyl sites for hydroxylation is 1. The zero-order valence-electron chi connectivity index (χ0n) is 13.5. The standard InChI is InChI=1S/C22H18O2/c1-15-7-12-19-21(13-15)24-14-20(16-5-3-2-4-6-16)22(19)17-8-10-18(23)11-9-17/h2-13,23H,14H2,1H3. The van der Waals surface area contributed by atoms with Crippen LogP contribution < -0.4 is 4.74 Å². The average Bonchev–Trinajstić information content (AvgIpc) is 2.62. The summed E-state index contributed by atoms with van der Waals surface area (Å²) in [4.78, 5) is 0. The molecule has 1 N–H and O–H groups in total. The lowest BCUT2D eigenvalue weighted by molar-refractivity contribution is 0.364. The second-order valence-electron chi connectivity index (χ2n) is 6.05. The quantitative estimate of drug-likeness (QED) is 0.717. The third-order valence-corrected chi connectivity index (χ3v) is 4.36. The first-order chi connectivity index (χ1) is 11.7. The predicted molar refractivity (Wildman–Crippen MR) is 97.1 cm³/mol. The topological polar surface area (TPSA) is 29.5 Å². The first-order valence-electron chi connectivity index (χ1n) is 8.04. The van der Waals surface area contributed by atoms with Crippen molar-refractivity contribution in [3.63, 3.8) is 0 Å². The number of benzene rings is 3. The minimum atomic E-state index is 0.275. The Kier molecular flexibility index (Phi) is 3.58. The van der Waals surface area contributed by atoms with Crippen molar-refractivity contribution in [3.8, 4) is 11.5 Å². The molecular weight excluding hydrogens is 296 g/mol. The van der Waals surface area contributed by atoms with Gasteiger partial charge in [-0.05, 0) is 47.4 Å². The summed E-state index contributed by atoms with van der Waals surface area (Å²) >= 11 is 0. The maximum Gasteiger partial charge on any atom is 0.127 e. The summed E-state index contributed by atoms with van der Waals surface area (Å²) in [6.07, 6.45) is 0. The first-order valence-corrected chi connectivity index (χ1v) is 8.04. The van der Waals surface area contributed by atoms with Crippen LogP contribution in [0, 0.1) is 6.92 Å². The van der Waals surface area contributed by atoms with Gasteiger partial charge in [0.2, 0.25) is 0 Å². The van der Waals surface area contributed by atoms with Crippen LogP contribution in [0.3, 0.4) is 0 Å². The van der Waals surface area contributed by atoms with Gasteiger partial charge in [0.15, 0.2) is 0 Å². The Labute approximate surface area is 141 Å². The van der Waals surface area contributed by atoms with Gasteiger partial charge >= 0.3 is 0 Å². The summed E-state index contributed by atoms with van der Waals surface area (Å²) in [6.45, 7) is 2.61. The van der Waals surface area contributed by atoms with Crippen LogP contribution in [-0.4, -0.2) is 11.7 Å². The number of ether oxygens (including phenoxy) is 1. The zero-order chi connectivity index (χ0) is 16.5. The third kappa shape index (κ3) is 2.56. The van der Waals surface area contributed by atoms with Gasteiger partial charge in [-0.15, -0.1) is 0 Å². The zero-order valence-corrected chi connectivity index (χ0v) is 13.5. The molecule has 0 saturated carbocycles. The predicted octanol–water partition coefficient (Wildman–Crippen LogP) is 5.05. The maximum atomic E-state index is 9.63. The smallest absolute Gasteiger partial charge is 0.127 e. The molecule has 0 amide bonds. The van der Waals surface area contributed by atoms with Crippen LogP contribution in [0.15, 0.2) is 72.8 Å². The molecule has 0 radical (unpaired) electrons. The number of fused-ring (bicyclic) bond motifs is 1. The van der Waals surface area contributed by atoms with Gasteiger partial charge in [0.05, 0.1) is 0 Å². The van der Waals surface area contributed by atoms with Crippen LogP contribution in [-0.2, 0) is 0 Å². The fourth-order valence-electron chi connectivity index (χ4n) is 3.16. The molecule has 2 heteroatoms. The Bertz CT molecular complexity index is 906. The van der Waals surface area contributed by atoms with E-state index in [1.165, 1.54) is 11.1 Å². The average molecular weight is 314 g/mol.